The Balaban J connectivity index is 2.38. The maximum Gasteiger partial charge on any atom is 0.244 e. The van der Waals surface area contributed by atoms with E-state index in [1.807, 2.05) is 0 Å². The van der Waals surface area contributed by atoms with Gasteiger partial charge in [0, 0.05) is 4.47 Å². The molecule has 3 N–H and O–H groups in total. The first kappa shape index (κ1) is 15.8. The molecule has 2 rings (SSSR count). The molecule has 0 spiro atoms. The van der Waals surface area contributed by atoms with E-state index in [0.29, 0.717) is 17.3 Å². The molecule has 0 aromatic heterocycles. The van der Waals surface area contributed by atoms with Gasteiger partial charge in [0.15, 0.2) is 0 Å². The van der Waals surface area contributed by atoms with E-state index in [1.54, 1.807) is 0 Å². The number of benzene rings is 1. The van der Waals surface area contributed by atoms with Crippen molar-refractivity contribution in [2.45, 2.75) is 36.1 Å². The summed E-state index contributed by atoms with van der Waals surface area (Å²) in [5, 5.41) is 0. The Morgan fingerprint density at radius 3 is 2.50 bits per heavy atom. The zero-order chi connectivity index (χ0) is 15.0. The molecule has 0 bridgehead atoms. The molecule has 110 valence electrons. The minimum atomic E-state index is -4.01. The molecule has 1 aromatic rings. The van der Waals surface area contributed by atoms with Crippen LogP contribution in [-0.4, -0.2) is 18.9 Å². The van der Waals surface area contributed by atoms with Crippen LogP contribution in [-0.2, 0) is 10.0 Å². The monoisotopic (exact) mass is 380 g/mol. The summed E-state index contributed by atoms with van der Waals surface area (Å²) in [5.41, 5.74) is 4.75. The summed E-state index contributed by atoms with van der Waals surface area (Å²) in [4.78, 5) is -0.292. The highest BCUT2D eigenvalue weighted by molar-refractivity contribution is 9.10. The lowest BCUT2D eigenvalue weighted by molar-refractivity contribution is 0.496. The molecule has 0 aliphatic heterocycles. The lowest BCUT2D eigenvalue weighted by Crippen LogP contribution is -2.54. The molecule has 0 amide bonds. The smallest absolute Gasteiger partial charge is 0.244 e. The second-order valence-electron chi connectivity index (χ2n) is 4.83. The first-order valence-corrected chi connectivity index (χ1v) is 8.74. The molecular formula is C12H14BrFN2O2S2. The number of nitrogens with one attached hydrogen (secondary N) is 1. The van der Waals surface area contributed by atoms with Crippen LogP contribution in [0.15, 0.2) is 27.6 Å². The SMILES string of the molecule is NC(=S)C1(NS(=O)(=O)c2ccc(Br)cc2F)CCCC1. The lowest BCUT2D eigenvalue weighted by atomic mass is 10.00. The van der Waals surface area contributed by atoms with Crippen molar-refractivity contribution < 1.29 is 12.8 Å². The molecule has 0 atom stereocenters. The molecule has 1 aliphatic carbocycles. The van der Waals surface area contributed by atoms with Crippen LogP contribution < -0.4 is 10.5 Å². The van der Waals surface area contributed by atoms with Gasteiger partial charge in [-0.2, -0.15) is 4.72 Å². The van der Waals surface area contributed by atoms with Gasteiger partial charge >= 0.3 is 0 Å². The number of halogens is 2. The molecule has 1 aromatic carbocycles. The molecule has 0 radical (unpaired) electrons. The van der Waals surface area contributed by atoms with E-state index in [0.717, 1.165) is 18.9 Å². The number of hydrogen-bond acceptors (Lipinski definition) is 3. The van der Waals surface area contributed by atoms with Crippen molar-refractivity contribution in [3.05, 3.63) is 28.5 Å². The number of nitrogens with two attached hydrogens (primary N) is 1. The van der Waals surface area contributed by atoms with Gasteiger partial charge in [-0.05, 0) is 31.0 Å². The molecule has 0 unspecified atom stereocenters. The Hall–Kier alpha value is -0.570. The van der Waals surface area contributed by atoms with Gasteiger partial charge in [0.25, 0.3) is 0 Å². The molecular weight excluding hydrogens is 367 g/mol. The zero-order valence-electron chi connectivity index (χ0n) is 10.5. The molecule has 0 saturated heterocycles. The third-order valence-corrected chi connectivity index (χ3v) is 5.90. The van der Waals surface area contributed by atoms with Crippen LogP contribution in [0.5, 0.6) is 0 Å². The van der Waals surface area contributed by atoms with E-state index in [1.165, 1.54) is 12.1 Å². The number of sulfonamides is 1. The van der Waals surface area contributed by atoms with Crippen molar-refractivity contribution in [2.24, 2.45) is 5.73 Å². The van der Waals surface area contributed by atoms with Gasteiger partial charge < -0.3 is 5.73 Å². The van der Waals surface area contributed by atoms with E-state index >= 15 is 0 Å². The molecule has 1 aliphatic rings. The molecule has 20 heavy (non-hydrogen) atoms. The lowest BCUT2D eigenvalue weighted by Gasteiger charge is -2.28. The third-order valence-electron chi connectivity index (χ3n) is 3.44. The zero-order valence-corrected chi connectivity index (χ0v) is 13.7. The van der Waals surface area contributed by atoms with Crippen molar-refractivity contribution >= 4 is 43.2 Å². The Morgan fingerprint density at radius 1 is 1.40 bits per heavy atom. The normalized spacial score (nSPS) is 18.1. The van der Waals surface area contributed by atoms with E-state index in [-0.39, 0.29) is 4.99 Å². The predicted octanol–water partition coefficient (Wildman–Crippen LogP) is 2.47. The van der Waals surface area contributed by atoms with E-state index in [4.69, 9.17) is 18.0 Å². The summed E-state index contributed by atoms with van der Waals surface area (Å²) in [6.45, 7) is 0. The summed E-state index contributed by atoms with van der Waals surface area (Å²) < 4.78 is 41.5. The molecule has 1 saturated carbocycles. The largest absolute Gasteiger partial charge is 0.392 e. The van der Waals surface area contributed by atoms with Crippen molar-refractivity contribution in [1.82, 2.24) is 4.72 Å². The van der Waals surface area contributed by atoms with Crippen LogP contribution >= 0.6 is 28.1 Å². The van der Waals surface area contributed by atoms with Gasteiger partial charge in [0.1, 0.15) is 10.7 Å². The van der Waals surface area contributed by atoms with Gasteiger partial charge in [0.05, 0.1) is 10.5 Å². The van der Waals surface area contributed by atoms with Crippen LogP contribution in [0.2, 0.25) is 0 Å². The van der Waals surface area contributed by atoms with Gasteiger partial charge in [0.2, 0.25) is 10.0 Å². The molecule has 0 heterocycles. The number of hydrogen-bond donors (Lipinski definition) is 2. The third kappa shape index (κ3) is 3.03. The van der Waals surface area contributed by atoms with Crippen LogP contribution in [0.4, 0.5) is 4.39 Å². The van der Waals surface area contributed by atoms with Gasteiger partial charge in [-0.1, -0.05) is 41.0 Å². The molecule has 1 fully saturated rings. The predicted molar refractivity (Wildman–Crippen MR) is 82.4 cm³/mol. The second-order valence-corrected chi connectivity index (χ2v) is 7.84. The highest BCUT2D eigenvalue weighted by Gasteiger charge is 2.41. The fourth-order valence-electron chi connectivity index (χ4n) is 2.38. The Morgan fingerprint density at radius 2 is 2.00 bits per heavy atom. The quantitative estimate of drug-likeness (QED) is 0.786. The summed E-state index contributed by atoms with van der Waals surface area (Å²) in [6, 6.07) is 3.79. The van der Waals surface area contributed by atoms with Crippen molar-refractivity contribution in [1.29, 1.82) is 0 Å². The van der Waals surface area contributed by atoms with E-state index in [2.05, 4.69) is 20.7 Å². The van der Waals surface area contributed by atoms with Gasteiger partial charge in [-0.25, -0.2) is 12.8 Å². The molecule has 4 nitrogen and oxygen atoms in total. The topological polar surface area (TPSA) is 72.2 Å². The van der Waals surface area contributed by atoms with Crippen LogP contribution in [0, 0.1) is 5.82 Å². The average Bonchev–Trinajstić information content (AvgIpc) is 2.77. The van der Waals surface area contributed by atoms with Gasteiger partial charge in [-0.15, -0.1) is 0 Å². The maximum atomic E-state index is 13.8. The van der Waals surface area contributed by atoms with Crippen LogP contribution in [0.1, 0.15) is 25.7 Å². The Labute approximate surface area is 131 Å². The van der Waals surface area contributed by atoms with E-state index in [9.17, 15) is 12.8 Å². The minimum absolute atomic E-state index is 0.107. The van der Waals surface area contributed by atoms with Crippen molar-refractivity contribution in [3.8, 4) is 0 Å². The maximum absolute atomic E-state index is 13.8. The van der Waals surface area contributed by atoms with Crippen molar-refractivity contribution in [2.75, 3.05) is 0 Å². The summed E-state index contributed by atoms with van der Waals surface area (Å²) >= 11 is 8.08. The Bertz CT molecular complexity index is 643. The number of thiocarbonyl (C=S) groups is 1. The fraction of sp³-hybridized carbons (Fsp3) is 0.417. The van der Waals surface area contributed by atoms with Gasteiger partial charge in [-0.3, -0.25) is 0 Å². The number of rotatable bonds is 4. The highest BCUT2D eigenvalue weighted by atomic mass is 79.9. The van der Waals surface area contributed by atoms with E-state index < -0.39 is 26.3 Å². The molecule has 8 heteroatoms. The summed E-state index contributed by atoms with van der Waals surface area (Å²) in [6.07, 6.45) is 2.75. The summed E-state index contributed by atoms with van der Waals surface area (Å²) in [5.74, 6) is -0.817. The first-order valence-electron chi connectivity index (χ1n) is 6.06. The highest BCUT2D eigenvalue weighted by Crippen LogP contribution is 2.32. The van der Waals surface area contributed by atoms with Crippen LogP contribution in [0.3, 0.4) is 0 Å². The average molecular weight is 381 g/mol. The second kappa shape index (κ2) is 5.67. The fourth-order valence-corrected chi connectivity index (χ4v) is 4.54. The minimum Gasteiger partial charge on any atom is -0.392 e. The first-order chi connectivity index (χ1) is 9.27. The Kier molecular flexibility index (Phi) is 4.48. The standard InChI is InChI=1S/C12H14BrFN2O2S2/c13-8-3-4-10(9(14)7-8)20(17,18)16-12(11(15)19)5-1-2-6-12/h3-4,7,16H,1-2,5-6H2,(H2,15,19). The van der Waals surface area contributed by atoms with Crippen LogP contribution in [0.25, 0.3) is 0 Å². The summed E-state index contributed by atoms with van der Waals surface area (Å²) in [7, 11) is -4.01. The van der Waals surface area contributed by atoms with Crippen molar-refractivity contribution in [3.63, 3.8) is 0 Å².